The van der Waals surface area contributed by atoms with E-state index in [0.29, 0.717) is 0 Å². The van der Waals surface area contributed by atoms with E-state index >= 15 is 0 Å². The van der Waals surface area contributed by atoms with E-state index < -0.39 is 0 Å². The summed E-state index contributed by atoms with van der Waals surface area (Å²) in [7, 11) is 0. The molecule has 0 radical (unpaired) electrons. The normalized spacial score (nSPS) is 21.1. The van der Waals surface area contributed by atoms with Gasteiger partial charge in [0.2, 0.25) is 0 Å². The first-order chi connectivity index (χ1) is 12.3. The van der Waals surface area contributed by atoms with Crippen LogP contribution in [0.25, 0.3) is 10.8 Å². The third kappa shape index (κ3) is 3.97. The summed E-state index contributed by atoms with van der Waals surface area (Å²) in [5.74, 6) is 6.73. The van der Waals surface area contributed by atoms with Gasteiger partial charge in [0.1, 0.15) is 0 Å². The number of nitrogens with zero attached hydrogens (tertiary/aromatic N) is 3. The van der Waals surface area contributed by atoms with Crippen molar-refractivity contribution < 1.29 is 0 Å². The Morgan fingerprint density at radius 1 is 0.840 bits per heavy atom. The van der Waals surface area contributed by atoms with Crippen molar-refractivity contribution in [1.82, 2.24) is 9.91 Å². The lowest BCUT2D eigenvalue weighted by Gasteiger charge is -2.37. The summed E-state index contributed by atoms with van der Waals surface area (Å²) < 4.78 is 0. The highest BCUT2D eigenvalue weighted by atomic mass is 15.4. The quantitative estimate of drug-likeness (QED) is 0.870. The number of benzene rings is 2. The molecule has 0 atom stereocenters. The molecule has 2 aromatic rings. The maximum atomic E-state index is 5.86. The zero-order valence-corrected chi connectivity index (χ0v) is 15.1. The summed E-state index contributed by atoms with van der Waals surface area (Å²) in [6.45, 7) is 8.01. The average molecular weight is 338 g/mol. The van der Waals surface area contributed by atoms with Crippen molar-refractivity contribution in [3.63, 3.8) is 0 Å². The van der Waals surface area contributed by atoms with Gasteiger partial charge in [-0.3, -0.25) is 10.7 Å². The first kappa shape index (κ1) is 16.8. The molecule has 0 amide bonds. The van der Waals surface area contributed by atoms with E-state index in [2.05, 4.69) is 52.3 Å². The van der Waals surface area contributed by atoms with Gasteiger partial charge in [0.25, 0.3) is 0 Å². The van der Waals surface area contributed by atoms with Crippen LogP contribution in [0.2, 0.25) is 0 Å². The monoisotopic (exact) mass is 338 g/mol. The maximum absolute atomic E-state index is 5.86. The Kier molecular flexibility index (Phi) is 5.20. The zero-order valence-electron chi connectivity index (χ0n) is 15.1. The Hall–Kier alpha value is -1.62. The highest BCUT2D eigenvalue weighted by Gasteiger charge is 2.21. The Morgan fingerprint density at radius 3 is 2.36 bits per heavy atom. The SMILES string of the molecule is NN1CCC(CCN2CCN(c3cccc4ccccc34)CC2)CC1. The molecule has 0 aromatic heterocycles. The number of piperazine rings is 1. The van der Waals surface area contributed by atoms with Crippen LogP contribution in [0.3, 0.4) is 0 Å². The molecule has 25 heavy (non-hydrogen) atoms. The second kappa shape index (κ2) is 7.73. The third-order valence-corrected chi connectivity index (χ3v) is 5.98. The van der Waals surface area contributed by atoms with Crippen LogP contribution in [0.5, 0.6) is 0 Å². The Balaban J connectivity index is 1.31. The molecule has 4 rings (SSSR count). The number of rotatable bonds is 4. The van der Waals surface area contributed by atoms with E-state index in [9.17, 15) is 0 Å². The van der Waals surface area contributed by atoms with Crippen LogP contribution in [-0.4, -0.2) is 55.7 Å². The maximum Gasteiger partial charge on any atom is 0.0446 e. The van der Waals surface area contributed by atoms with Gasteiger partial charge < -0.3 is 4.90 Å². The van der Waals surface area contributed by atoms with Gasteiger partial charge in [-0.05, 0) is 43.2 Å². The van der Waals surface area contributed by atoms with Gasteiger partial charge >= 0.3 is 0 Å². The van der Waals surface area contributed by atoms with Crippen LogP contribution in [0.15, 0.2) is 42.5 Å². The van der Waals surface area contributed by atoms with Gasteiger partial charge in [0.15, 0.2) is 0 Å². The summed E-state index contributed by atoms with van der Waals surface area (Å²) in [4.78, 5) is 5.21. The Morgan fingerprint density at radius 2 is 1.56 bits per heavy atom. The molecule has 0 saturated carbocycles. The average Bonchev–Trinajstić information content (AvgIpc) is 2.68. The van der Waals surface area contributed by atoms with Crippen LogP contribution in [0.1, 0.15) is 19.3 Å². The number of anilines is 1. The van der Waals surface area contributed by atoms with Crippen molar-refractivity contribution in [2.75, 3.05) is 50.7 Å². The molecule has 134 valence electrons. The minimum atomic E-state index is 0.871. The van der Waals surface area contributed by atoms with Crippen LogP contribution in [0.4, 0.5) is 5.69 Å². The molecular weight excluding hydrogens is 308 g/mol. The lowest BCUT2D eigenvalue weighted by molar-refractivity contribution is 0.163. The van der Waals surface area contributed by atoms with Crippen molar-refractivity contribution in [2.45, 2.75) is 19.3 Å². The number of piperidine rings is 1. The molecule has 2 aromatic carbocycles. The Labute approximate surface area is 151 Å². The molecule has 4 nitrogen and oxygen atoms in total. The third-order valence-electron chi connectivity index (χ3n) is 5.98. The highest BCUT2D eigenvalue weighted by molar-refractivity contribution is 5.94. The fourth-order valence-electron chi connectivity index (χ4n) is 4.30. The molecule has 2 aliphatic heterocycles. The first-order valence-electron chi connectivity index (χ1n) is 9.74. The molecular formula is C21H30N4. The van der Waals surface area contributed by atoms with Crippen molar-refractivity contribution >= 4 is 16.5 Å². The summed E-state index contributed by atoms with van der Waals surface area (Å²) in [6.07, 6.45) is 3.88. The molecule has 0 aliphatic carbocycles. The summed E-state index contributed by atoms with van der Waals surface area (Å²) >= 11 is 0. The minimum Gasteiger partial charge on any atom is -0.368 e. The lowest BCUT2D eigenvalue weighted by Crippen LogP contribution is -2.47. The lowest BCUT2D eigenvalue weighted by atomic mass is 9.94. The van der Waals surface area contributed by atoms with Gasteiger partial charge in [-0.1, -0.05) is 36.4 Å². The topological polar surface area (TPSA) is 35.7 Å². The molecule has 0 unspecified atom stereocenters. The molecule has 2 aliphatic rings. The predicted molar refractivity (Wildman–Crippen MR) is 106 cm³/mol. The van der Waals surface area contributed by atoms with Crippen LogP contribution >= 0.6 is 0 Å². The number of hydrazine groups is 1. The highest BCUT2D eigenvalue weighted by Crippen LogP contribution is 2.27. The van der Waals surface area contributed by atoms with Gasteiger partial charge in [0.05, 0.1) is 0 Å². The summed E-state index contributed by atoms with van der Waals surface area (Å²) in [5.41, 5.74) is 1.40. The number of nitrogens with two attached hydrogens (primary N) is 1. The standard InChI is InChI=1S/C21H30N4/c22-25-12-9-18(10-13-25)8-11-23-14-16-24(17-15-23)21-7-3-5-19-4-1-2-6-20(19)21/h1-7,18H,8-17,22H2. The molecule has 2 N–H and O–H groups in total. The predicted octanol–water partition coefficient (Wildman–Crippen LogP) is 2.94. The molecule has 2 heterocycles. The first-order valence-corrected chi connectivity index (χ1v) is 9.74. The molecule has 2 fully saturated rings. The number of hydrogen-bond donors (Lipinski definition) is 1. The second-order valence-electron chi connectivity index (χ2n) is 7.59. The van der Waals surface area contributed by atoms with E-state index in [1.54, 1.807) is 0 Å². The van der Waals surface area contributed by atoms with Gasteiger partial charge in [-0.25, -0.2) is 5.01 Å². The molecule has 2 saturated heterocycles. The van der Waals surface area contributed by atoms with E-state index in [0.717, 1.165) is 32.1 Å². The van der Waals surface area contributed by atoms with Crippen LogP contribution in [-0.2, 0) is 0 Å². The van der Waals surface area contributed by atoms with E-state index in [-0.39, 0.29) is 0 Å². The summed E-state index contributed by atoms with van der Waals surface area (Å²) in [6, 6.07) is 15.4. The van der Waals surface area contributed by atoms with Crippen molar-refractivity contribution in [1.29, 1.82) is 0 Å². The minimum absolute atomic E-state index is 0.871. The molecule has 0 bridgehead atoms. The van der Waals surface area contributed by atoms with Crippen molar-refractivity contribution in [3.8, 4) is 0 Å². The number of fused-ring (bicyclic) bond motifs is 1. The van der Waals surface area contributed by atoms with E-state index in [1.807, 2.05) is 5.01 Å². The largest absolute Gasteiger partial charge is 0.368 e. The van der Waals surface area contributed by atoms with Crippen molar-refractivity contribution in [3.05, 3.63) is 42.5 Å². The van der Waals surface area contributed by atoms with Gasteiger partial charge in [-0.2, -0.15) is 0 Å². The number of hydrogen-bond acceptors (Lipinski definition) is 4. The second-order valence-corrected chi connectivity index (χ2v) is 7.59. The van der Waals surface area contributed by atoms with E-state index in [4.69, 9.17) is 5.84 Å². The molecule has 4 heteroatoms. The fraction of sp³-hybridized carbons (Fsp3) is 0.524. The molecule has 0 spiro atoms. The fourth-order valence-corrected chi connectivity index (χ4v) is 4.30. The summed E-state index contributed by atoms with van der Waals surface area (Å²) in [5, 5.41) is 4.69. The van der Waals surface area contributed by atoms with Gasteiger partial charge in [-0.15, -0.1) is 0 Å². The Bertz CT molecular complexity index is 680. The smallest absolute Gasteiger partial charge is 0.0446 e. The van der Waals surface area contributed by atoms with Crippen molar-refractivity contribution in [2.24, 2.45) is 11.8 Å². The zero-order chi connectivity index (χ0) is 17.1. The van der Waals surface area contributed by atoms with Gasteiger partial charge in [0, 0.05) is 50.3 Å². The van der Waals surface area contributed by atoms with E-state index in [1.165, 1.54) is 55.4 Å². The van der Waals surface area contributed by atoms with Crippen LogP contribution in [0, 0.1) is 5.92 Å². The van der Waals surface area contributed by atoms with Crippen LogP contribution < -0.4 is 10.7 Å².